The standard InChI is InChI=1S/C24H28Br2N2O2/c1-15-10-20(25)22(21(26)11-15)30-14-17-5-7-18(8-6-17)23(29)28-27-19-9-16(2)12-24(3,4)13-19/h5-8,10-11,16H,9,12-14H2,1-4H3,(H,28,29). The number of hydrazone groups is 1. The van der Waals surface area contributed by atoms with E-state index in [1.807, 2.05) is 31.2 Å². The minimum Gasteiger partial charge on any atom is -0.487 e. The summed E-state index contributed by atoms with van der Waals surface area (Å²) in [7, 11) is 0. The molecule has 1 amide bonds. The van der Waals surface area contributed by atoms with E-state index in [4.69, 9.17) is 4.74 Å². The zero-order chi connectivity index (χ0) is 21.9. The van der Waals surface area contributed by atoms with Gasteiger partial charge < -0.3 is 4.74 Å². The SMILES string of the molecule is Cc1cc(Br)c(OCc2ccc(C(=O)NN=C3CC(C)CC(C)(C)C3)cc2)c(Br)c1. The Bertz CT molecular complexity index is 929. The van der Waals surface area contributed by atoms with Crippen molar-refractivity contribution in [2.75, 3.05) is 0 Å². The summed E-state index contributed by atoms with van der Waals surface area (Å²) < 4.78 is 7.76. The van der Waals surface area contributed by atoms with E-state index in [-0.39, 0.29) is 11.3 Å². The lowest BCUT2D eigenvalue weighted by Crippen LogP contribution is -2.30. The number of hydrogen-bond acceptors (Lipinski definition) is 3. The van der Waals surface area contributed by atoms with Crippen LogP contribution >= 0.6 is 31.9 Å². The van der Waals surface area contributed by atoms with E-state index in [0.29, 0.717) is 18.1 Å². The number of carbonyl (C=O) groups excluding carboxylic acids is 1. The van der Waals surface area contributed by atoms with Crippen LogP contribution in [0.4, 0.5) is 0 Å². The molecule has 0 heterocycles. The Labute approximate surface area is 195 Å². The van der Waals surface area contributed by atoms with Crippen LogP contribution in [-0.4, -0.2) is 11.6 Å². The van der Waals surface area contributed by atoms with Crippen LogP contribution in [0.25, 0.3) is 0 Å². The number of aryl methyl sites for hydroxylation is 1. The topological polar surface area (TPSA) is 50.7 Å². The van der Waals surface area contributed by atoms with E-state index in [9.17, 15) is 4.79 Å². The maximum absolute atomic E-state index is 12.5. The maximum Gasteiger partial charge on any atom is 0.271 e. The summed E-state index contributed by atoms with van der Waals surface area (Å²) in [4.78, 5) is 12.5. The lowest BCUT2D eigenvalue weighted by atomic mass is 9.72. The van der Waals surface area contributed by atoms with Crippen molar-refractivity contribution in [3.05, 3.63) is 62.0 Å². The van der Waals surface area contributed by atoms with Crippen molar-refractivity contribution in [1.82, 2.24) is 5.43 Å². The number of halogens is 2. The number of hydrogen-bond donors (Lipinski definition) is 1. The third-order valence-electron chi connectivity index (χ3n) is 5.23. The quantitative estimate of drug-likeness (QED) is 0.418. The number of rotatable bonds is 5. The van der Waals surface area contributed by atoms with Crippen molar-refractivity contribution < 1.29 is 9.53 Å². The van der Waals surface area contributed by atoms with Crippen molar-refractivity contribution in [3.8, 4) is 5.75 Å². The van der Waals surface area contributed by atoms with Gasteiger partial charge in [0, 0.05) is 11.3 Å². The summed E-state index contributed by atoms with van der Waals surface area (Å²) >= 11 is 7.08. The number of nitrogens with zero attached hydrogens (tertiary/aromatic N) is 1. The number of benzene rings is 2. The van der Waals surface area contributed by atoms with Gasteiger partial charge in [-0.1, -0.05) is 32.9 Å². The zero-order valence-electron chi connectivity index (χ0n) is 17.9. The van der Waals surface area contributed by atoms with Crippen LogP contribution in [0.3, 0.4) is 0 Å². The Morgan fingerprint density at radius 3 is 2.43 bits per heavy atom. The number of nitrogens with one attached hydrogen (secondary N) is 1. The molecule has 2 aromatic rings. The van der Waals surface area contributed by atoms with Crippen LogP contribution < -0.4 is 10.2 Å². The van der Waals surface area contributed by atoms with E-state index < -0.39 is 0 Å². The van der Waals surface area contributed by atoms with Gasteiger partial charge in [0.25, 0.3) is 5.91 Å². The highest BCUT2D eigenvalue weighted by atomic mass is 79.9. The minimum absolute atomic E-state index is 0.185. The van der Waals surface area contributed by atoms with Gasteiger partial charge in [-0.2, -0.15) is 5.10 Å². The molecule has 1 fully saturated rings. The molecule has 0 aromatic heterocycles. The van der Waals surface area contributed by atoms with Crippen molar-refractivity contribution in [2.24, 2.45) is 16.4 Å². The first-order valence-corrected chi connectivity index (χ1v) is 11.7. The molecule has 4 nitrogen and oxygen atoms in total. The zero-order valence-corrected chi connectivity index (χ0v) is 21.1. The first-order chi connectivity index (χ1) is 14.1. The summed E-state index contributed by atoms with van der Waals surface area (Å²) in [6.45, 7) is 9.21. The molecule has 1 N–H and O–H groups in total. The summed E-state index contributed by atoms with van der Waals surface area (Å²) in [6, 6.07) is 11.5. The lowest BCUT2D eigenvalue weighted by Gasteiger charge is -2.34. The molecule has 0 bridgehead atoms. The van der Waals surface area contributed by atoms with E-state index in [1.165, 1.54) is 6.42 Å². The summed E-state index contributed by atoms with van der Waals surface area (Å²) in [6.07, 6.45) is 3.07. The van der Waals surface area contributed by atoms with Gasteiger partial charge in [-0.05, 0) is 105 Å². The van der Waals surface area contributed by atoms with Crippen LogP contribution in [0, 0.1) is 18.3 Å². The van der Waals surface area contributed by atoms with E-state index in [0.717, 1.165) is 44.4 Å². The van der Waals surface area contributed by atoms with Gasteiger partial charge >= 0.3 is 0 Å². The van der Waals surface area contributed by atoms with E-state index in [1.54, 1.807) is 12.1 Å². The van der Waals surface area contributed by atoms with E-state index >= 15 is 0 Å². The Morgan fingerprint density at radius 1 is 1.20 bits per heavy atom. The predicted octanol–water partition coefficient (Wildman–Crippen LogP) is 7.03. The normalized spacial score (nSPS) is 19.5. The average Bonchev–Trinajstić information content (AvgIpc) is 2.64. The molecule has 6 heteroatoms. The van der Waals surface area contributed by atoms with Crippen molar-refractivity contribution in [1.29, 1.82) is 0 Å². The second kappa shape index (κ2) is 9.65. The van der Waals surface area contributed by atoms with Crippen LogP contribution in [0.15, 0.2) is 50.4 Å². The fourth-order valence-corrected chi connectivity index (χ4v) is 5.77. The van der Waals surface area contributed by atoms with Crippen molar-refractivity contribution >= 4 is 43.5 Å². The number of ether oxygens (including phenoxy) is 1. The Balaban J connectivity index is 1.59. The molecule has 1 unspecified atom stereocenters. The van der Waals surface area contributed by atoms with Crippen LogP contribution in [0.5, 0.6) is 5.75 Å². The largest absolute Gasteiger partial charge is 0.487 e. The van der Waals surface area contributed by atoms with Gasteiger partial charge in [0.1, 0.15) is 12.4 Å². The van der Waals surface area contributed by atoms with Crippen molar-refractivity contribution in [2.45, 2.75) is 53.6 Å². The second-order valence-corrected chi connectivity index (χ2v) is 10.7. The first-order valence-electron chi connectivity index (χ1n) is 10.2. The Morgan fingerprint density at radius 2 is 1.83 bits per heavy atom. The highest BCUT2D eigenvalue weighted by molar-refractivity contribution is 9.11. The molecule has 1 aliphatic carbocycles. The second-order valence-electron chi connectivity index (χ2n) is 9.02. The first kappa shape index (κ1) is 23.0. The maximum atomic E-state index is 12.5. The number of carbonyl (C=O) groups is 1. The molecule has 160 valence electrons. The molecular weight excluding hydrogens is 508 g/mol. The third-order valence-corrected chi connectivity index (χ3v) is 6.40. The summed E-state index contributed by atoms with van der Waals surface area (Å²) in [5.41, 5.74) is 6.76. The molecule has 1 saturated carbocycles. The molecule has 0 saturated heterocycles. The van der Waals surface area contributed by atoms with Crippen LogP contribution in [-0.2, 0) is 6.61 Å². The van der Waals surface area contributed by atoms with Crippen molar-refractivity contribution in [3.63, 3.8) is 0 Å². The molecule has 1 atom stereocenters. The van der Waals surface area contributed by atoms with Gasteiger partial charge in [-0.25, -0.2) is 5.43 Å². The highest BCUT2D eigenvalue weighted by Crippen LogP contribution is 2.37. The molecule has 0 radical (unpaired) electrons. The van der Waals surface area contributed by atoms with E-state index in [2.05, 4.69) is 63.2 Å². The van der Waals surface area contributed by atoms with Crippen LogP contribution in [0.2, 0.25) is 0 Å². The fraction of sp³-hybridized carbons (Fsp3) is 0.417. The summed E-state index contributed by atoms with van der Waals surface area (Å²) in [5.74, 6) is 1.18. The molecule has 0 spiro atoms. The molecule has 1 aliphatic rings. The molecular formula is C24H28Br2N2O2. The summed E-state index contributed by atoms with van der Waals surface area (Å²) in [5, 5.41) is 4.41. The Kier molecular flexibility index (Phi) is 7.40. The lowest BCUT2D eigenvalue weighted by molar-refractivity contribution is 0.0954. The smallest absolute Gasteiger partial charge is 0.271 e. The third kappa shape index (κ3) is 6.17. The molecule has 0 aliphatic heterocycles. The monoisotopic (exact) mass is 534 g/mol. The average molecular weight is 536 g/mol. The Hall–Kier alpha value is -1.66. The van der Waals surface area contributed by atoms with Gasteiger partial charge in [0.2, 0.25) is 0 Å². The van der Waals surface area contributed by atoms with Gasteiger partial charge in [-0.15, -0.1) is 0 Å². The fourth-order valence-electron chi connectivity index (χ4n) is 4.13. The minimum atomic E-state index is -0.185. The predicted molar refractivity (Wildman–Crippen MR) is 129 cm³/mol. The van der Waals surface area contributed by atoms with Crippen LogP contribution in [0.1, 0.15) is 61.5 Å². The van der Waals surface area contributed by atoms with Gasteiger partial charge in [0.15, 0.2) is 0 Å². The molecule has 3 rings (SSSR count). The molecule has 30 heavy (non-hydrogen) atoms. The van der Waals surface area contributed by atoms with Gasteiger partial charge in [-0.3, -0.25) is 4.79 Å². The van der Waals surface area contributed by atoms with Gasteiger partial charge in [0.05, 0.1) is 8.95 Å². The number of amides is 1. The molecule has 2 aromatic carbocycles. The highest BCUT2D eigenvalue weighted by Gasteiger charge is 2.29.